The van der Waals surface area contributed by atoms with Gasteiger partial charge in [0, 0.05) is 25.1 Å². The van der Waals surface area contributed by atoms with E-state index in [9.17, 15) is 4.39 Å². The molecule has 1 aromatic heterocycles. The molecule has 0 aliphatic carbocycles. The fraction of sp³-hybridized carbons (Fsp3) is 0.250. The Morgan fingerprint density at radius 1 is 1.41 bits per heavy atom. The highest BCUT2D eigenvalue weighted by Crippen LogP contribution is 2.23. The van der Waals surface area contributed by atoms with Crippen LogP contribution >= 0.6 is 15.9 Å². The number of benzene rings is 1. The molecule has 3 nitrogen and oxygen atoms in total. The molecule has 0 radical (unpaired) electrons. The predicted molar refractivity (Wildman–Crippen MR) is 69.8 cm³/mol. The number of ether oxygens (including phenoxy) is 1. The number of pyridine rings is 1. The van der Waals surface area contributed by atoms with E-state index < -0.39 is 0 Å². The molecule has 5 heteroatoms. The minimum absolute atomic E-state index is 0.306. The van der Waals surface area contributed by atoms with Crippen LogP contribution in [-0.4, -0.2) is 25.2 Å². The van der Waals surface area contributed by atoms with Crippen molar-refractivity contribution in [3.05, 3.63) is 34.6 Å². The van der Waals surface area contributed by atoms with Crippen LogP contribution in [0.15, 0.2) is 28.7 Å². The van der Waals surface area contributed by atoms with Crippen LogP contribution in [0, 0.1) is 5.82 Å². The SMILES string of the molecule is COCCNc1ccc2cc(Br)c(F)cc2n1. The molecular formula is C12H12BrFN2O. The second-order valence-electron chi connectivity index (χ2n) is 3.58. The lowest BCUT2D eigenvalue weighted by atomic mass is 10.2. The van der Waals surface area contributed by atoms with E-state index in [0.29, 0.717) is 23.1 Å². The summed E-state index contributed by atoms with van der Waals surface area (Å²) >= 11 is 3.15. The van der Waals surface area contributed by atoms with Gasteiger partial charge >= 0.3 is 0 Å². The lowest BCUT2D eigenvalue weighted by molar-refractivity contribution is 0.210. The number of aromatic nitrogens is 1. The van der Waals surface area contributed by atoms with Crippen LogP contribution in [0.3, 0.4) is 0 Å². The number of nitrogens with zero attached hydrogens (tertiary/aromatic N) is 1. The first kappa shape index (κ1) is 12.3. The largest absolute Gasteiger partial charge is 0.383 e. The molecule has 17 heavy (non-hydrogen) atoms. The van der Waals surface area contributed by atoms with Gasteiger partial charge in [0.05, 0.1) is 16.6 Å². The second kappa shape index (κ2) is 5.42. The van der Waals surface area contributed by atoms with Crippen LogP contribution < -0.4 is 5.32 Å². The Bertz CT molecular complexity index is 533. The van der Waals surface area contributed by atoms with Crippen molar-refractivity contribution >= 4 is 32.7 Å². The standard InChI is InChI=1S/C12H12BrFN2O/c1-17-5-4-15-12-3-2-8-6-9(13)10(14)7-11(8)16-12/h2-3,6-7H,4-5H2,1H3,(H,15,16). The van der Waals surface area contributed by atoms with Crippen molar-refractivity contribution in [2.45, 2.75) is 0 Å². The van der Waals surface area contributed by atoms with Gasteiger partial charge in [0.1, 0.15) is 11.6 Å². The van der Waals surface area contributed by atoms with E-state index in [4.69, 9.17) is 4.74 Å². The summed E-state index contributed by atoms with van der Waals surface area (Å²) in [4.78, 5) is 4.32. The Labute approximate surface area is 107 Å². The number of halogens is 2. The van der Waals surface area contributed by atoms with Crippen LogP contribution in [0.5, 0.6) is 0 Å². The Morgan fingerprint density at radius 3 is 3.00 bits per heavy atom. The van der Waals surface area contributed by atoms with E-state index in [-0.39, 0.29) is 5.82 Å². The number of hydrogen-bond donors (Lipinski definition) is 1. The summed E-state index contributed by atoms with van der Waals surface area (Å²) in [6.07, 6.45) is 0. The smallest absolute Gasteiger partial charge is 0.139 e. The van der Waals surface area contributed by atoms with Gasteiger partial charge in [-0.15, -0.1) is 0 Å². The molecule has 0 amide bonds. The first-order valence-corrected chi connectivity index (χ1v) is 5.98. The molecule has 1 heterocycles. The summed E-state index contributed by atoms with van der Waals surface area (Å²) in [7, 11) is 1.64. The number of rotatable bonds is 4. The molecule has 1 aromatic carbocycles. The molecule has 0 spiro atoms. The van der Waals surface area contributed by atoms with E-state index in [2.05, 4.69) is 26.2 Å². The molecule has 90 valence electrons. The third-order valence-corrected chi connectivity index (χ3v) is 2.95. The van der Waals surface area contributed by atoms with Crippen molar-refractivity contribution in [2.24, 2.45) is 0 Å². The fourth-order valence-corrected chi connectivity index (χ4v) is 1.86. The zero-order valence-corrected chi connectivity index (χ0v) is 10.9. The molecule has 0 atom stereocenters. The highest BCUT2D eigenvalue weighted by molar-refractivity contribution is 9.10. The van der Waals surface area contributed by atoms with Crippen molar-refractivity contribution in [1.29, 1.82) is 0 Å². The number of methoxy groups -OCH3 is 1. The molecule has 0 aliphatic rings. The van der Waals surface area contributed by atoms with E-state index in [1.165, 1.54) is 6.07 Å². The fourth-order valence-electron chi connectivity index (χ4n) is 1.50. The molecule has 0 aliphatic heterocycles. The minimum atomic E-state index is -0.306. The second-order valence-corrected chi connectivity index (χ2v) is 4.43. The van der Waals surface area contributed by atoms with Gasteiger partial charge in [0.25, 0.3) is 0 Å². The van der Waals surface area contributed by atoms with Crippen molar-refractivity contribution in [3.63, 3.8) is 0 Å². The maximum Gasteiger partial charge on any atom is 0.139 e. The average molecular weight is 299 g/mol. The quantitative estimate of drug-likeness (QED) is 0.880. The predicted octanol–water partition coefficient (Wildman–Crippen LogP) is 3.19. The summed E-state index contributed by atoms with van der Waals surface area (Å²) in [5.41, 5.74) is 0.633. The summed E-state index contributed by atoms with van der Waals surface area (Å²) in [5, 5.41) is 4.00. The number of hydrogen-bond acceptors (Lipinski definition) is 3. The number of anilines is 1. The Morgan fingerprint density at radius 2 is 2.24 bits per heavy atom. The molecule has 0 unspecified atom stereocenters. The van der Waals surface area contributed by atoms with E-state index in [0.717, 1.165) is 11.2 Å². The van der Waals surface area contributed by atoms with Gasteiger partial charge in [-0.3, -0.25) is 0 Å². The monoisotopic (exact) mass is 298 g/mol. The molecule has 2 aromatic rings. The molecule has 1 N–H and O–H groups in total. The Hall–Kier alpha value is -1.20. The van der Waals surface area contributed by atoms with Gasteiger partial charge < -0.3 is 10.1 Å². The van der Waals surface area contributed by atoms with Gasteiger partial charge in [-0.2, -0.15) is 0 Å². The number of nitrogens with one attached hydrogen (secondary N) is 1. The molecule has 0 bridgehead atoms. The Kier molecular flexibility index (Phi) is 3.91. The molecule has 0 saturated heterocycles. The normalized spacial score (nSPS) is 10.8. The summed E-state index contributed by atoms with van der Waals surface area (Å²) in [6, 6.07) is 6.90. The summed E-state index contributed by atoms with van der Waals surface area (Å²) in [5.74, 6) is 0.412. The van der Waals surface area contributed by atoms with Crippen molar-refractivity contribution < 1.29 is 9.13 Å². The molecule has 0 saturated carbocycles. The topological polar surface area (TPSA) is 34.1 Å². The highest BCUT2D eigenvalue weighted by Gasteiger charge is 2.03. The van der Waals surface area contributed by atoms with Gasteiger partial charge in [-0.25, -0.2) is 9.37 Å². The van der Waals surface area contributed by atoms with Gasteiger partial charge in [0.2, 0.25) is 0 Å². The minimum Gasteiger partial charge on any atom is -0.383 e. The van der Waals surface area contributed by atoms with Gasteiger partial charge in [-0.05, 0) is 34.1 Å². The third kappa shape index (κ3) is 2.92. The maximum absolute atomic E-state index is 13.4. The van der Waals surface area contributed by atoms with Crippen LogP contribution in [-0.2, 0) is 4.74 Å². The molecule has 0 fully saturated rings. The Balaban J connectivity index is 2.27. The van der Waals surface area contributed by atoms with E-state index in [1.807, 2.05) is 12.1 Å². The first-order valence-electron chi connectivity index (χ1n) is 5.19. The number of fused-ring (bicyclic) bond motifs is 1. The summed E-state index contributed by atoms with van der Waals surface area (Å²) < 4.78 is 18.7. The van der Waals surface area contributed by atoms with Crippen LogP contribution in [0.1, 0.15) is 0 Å². The lowest BCUT2D eigenvalue weighted by Crippen LogP contribution is -2.08. The first-order chi connectivity index (χ1) is 8.20. The van der Waals surface area contributed by atoms with E-state index >= 15 is 0 Å². The van der Waals surface area contributed by atoms with Crippen molar-refractivity contribution in [1.82, 2.24) is 4.98 Å². The zero-order chi connectivity index (χ0) is 12.3. The van der Waals surface area contributed by atoms with Crippen molar-refractivity contribution in [2.75, 3.05) is 25.6 Å². The van der Waals surface area contributed by atoms with Crippen LogP contribution in [0.4, 0.5) is 10.2 Å². The average Bonchev–Trinajstić information content (AvgIpc) is 2.31. The maximum atomic E-state index is 13.4. The van der Waals surface area contributed by atoms with E-state index in [1.54, 1.807) is 13.2 Å². The van der Waals surface area contributed by atoms with Crippen LogP contribution in [0.25, 0.3) is 10.9 Å². The third-order valence-electron chi connectivity index (χ3n) is 2.34. The molecule has 2 rings (SSSR count). The molecular weight excluding hydrogens is 287 g/mol. The van der Waals surface area contributed by atoms with Gasteiger partial charge in [0.15, 0.2) is 0 Å². The van der Waals surface area contributed by atoms with Gasteiger partial charge in [-0.1, -0.05) is 0 Å². The van der Waals surface area contributed by atoms with Crippen LogP contribution in [0.2, 0.25) is 0 Å². The lowest BCUT2D eigenvalue weighted by Gasteiger charge is -2.06. The summed E-state index contributed by atoms with van der Waals surface area (Å²) in [6.45, 7) is 1.28. The van der Waals surface area contributed by atoms with Crippen molar-refractivity contribution in [3.8, 4) is 0 Å². The zero-order valence-electron chi connectivity index (χ0n) is 9.34. The highest BCUT2D eigenvalue weighted by atomic mass is 79.9.